The topological polar surface area (TPSA) is 46.5 Å². The van der Waals surface area contributed by atoms with E-state index in [0.29, 0.717) is 0 Å². The first-order chi connectivity index (χ1) is 8.49. The van der Waals surface area contributed by atoms with Crippen molar-refractivity contribution in [2.75, 3.05) is 6.61 Å². The standard InChI is InChI=1S/C14H17BrO3/c1-8(9(2)14(16)17)5-11-7-12(15)6-10-3-4-18-13(10)11/h6-9H,3-5H2,1-2H3,(H,16,17). The molecule has 2 atom stereocenters. The highest BCUT2D eigenvalue weighted by atomic mass is 79.9. The molecule has 0 fully saturated rings. The molecule has 1 aromatic rings. The molecule has 0 amide bonds. The van der Waals surface area contributed by atoms with Crippen LogP contribution in [0.1, 0.15) is 25.0 Å². The molecule has 0 radical (unpaired) electrons. The summed E-state index contributed by atoms with van der Waals surface area (Å²) in [6, 6.07) is 4.12. The zero-order valence-corrected chi connectivity index (χ0v) is 12.2. The number of carbonyl (C=O) groups is 1. The molecular weight excluding hydrogens is 296 g/mol. The van der Waals surface area contributed by atoms with Crippen LogP contribution >= 0.6 is 15.9 Å². The molecule has 0 saturated carbocycles. The van der Waals surface area contributed by atoms with Crippen LogP contribution in [0.25, 0.3) is 0 Å². The maximum atomic E-state index is 11.0. The van der Waals surface area contributed by atoms with Crippen molar-refractivity contribution in [3.05, 3.63) is 27.7 Å². The molecule has 18 heavy (non-hydrogen) atoms. The van der Waals surface area contributed by atoms with Gasteiger partial charge in [0.15, 0.2) is 0 Å². The van der Waals surface area contributed by atoms with Crippen LogP contribution in [-0.4, -0.2) is 17.7 Å². The van der Waals surface area contributed by atoms with Gasteiger partial charge in [0.05, 0.1) is 12.5 Å². The van der Waals surface area contributed by atoms with Crippen LogP contribution < -0.4 is 4.74 Å². The van der Waals surface area contributed by atoms with E-state index in [-0.39, 0.29) is 11.8 Å². The summed E-state index contributed by atoms with van der Waals surface area (Å²) in [6.07, 6.45) is 1.67. The summed E-state index contributed by atoms with van der Waals surface area (Å²) >= 11 is 3.50. The molecule has 0 aromatic heterocycles. The van der Waals surface area contributed by atoms with E-state index in [1.165, 1.54) is 5.56 Å². The molecule has 1 heterocycles. The predicted molar refractivity (Wildman–Crippen MR) is 73.0 cm³/mol. The summed E-state index contributed by atoms with van der Waals surface area (Å²) in [5, 5.41) is 9.04. The van der Waals surface area contributed by atoms with Crippen LogP contribution in [0.4, 0.5) is 0 Å². The lowest BCUT2D eigenvalue weighted by Gasteiger charge is -2.17. The normalized spacial score (nSPS) is 16.8. The quantitative estimate of drug-likeness (QED) is 0.928. The Hall–Kier alpha value is -1.03. The molecule has 1 aliphatic rings. The second-order valence-electron chi connectivity index (χ2n) is 4.96. The fourth-order valence-corrected chi connectivity index (χ4v) is 2.82. The van der Waals surface area contributed by atoms with E-state index >= 15 is 0 Å². The van der Waals surface area contributed by atoms with Gasteiger partial charge < -0.3 is 9.84 Å². The third kappa shape index (κ3) is 2.69. The Morgan fingerprint density at radius 3 is 2.89 bits per heavy atom. The number of carboxylic acids is 1. The highest BCUT2D eigenvalue weighted by molar-refractivity contribution is 9.10. The second-order valence-corrected chi connectivity index (χ2v) is 5.88. The van der Waals surface area contributed by atoms with Crippen LogP contribution in [0.15, 0.2) is 16.6 Å². The average molecular weight is 313 g/mol. The first-order valence-electron chi connectivity index (χ1n) is 6.16. The van der Waals surface area contributed by atoms with Crippen LogP contribution in [0.5, 0.6) is 5.75 Å². The zero-order valence-electron chi connectivity index (χ0n) is 10.6. The number of rotatable bonds is 4. The van der Waals surface area contributed by atoms with E-state index in [1.54, 1.807) is 6.92 Å². The molecule has 1 aliphatic heterocycles. The zero-order chi connectivity index (χ0) is 13.3. The lowest BCUT2D eigenvalue weighted by Crippen LogP contribution is -2.20. The number of hydrogen-bond acceptors (Lipinski definition) is 2. The van der Waals surface area contributed by atoms with E-state index in [9.17, 15) is 4.79 Å². The molecule has 1 N–H and O–H groups in total. The van der Waals surface area contributed by atoms with Crippen LogP contribution in [-0.2, 0) is 17.6 Å². The minimum atomic E-state index is -0.741. The Balaban J connectivity index is 2.22. The molecule has 0 saturated heterocycles. The van der Waals surface area contributed by atoms with E-state index < -0.39 is 5.97 Å². The molecule has 3 nitrogen and oxygen atoms in total. The Morgan fingerprint density at radius 1 is 1.50 bits per heavy atom. The van der Waals surface area contributed by atoms with E-state index in [4.69, 9.17) is 9.84 Å². The average Bonchev–Trinajstić information content (AvgIpc) is 2.75. The smallest absolute Gasteiger partial charge is 0.306 e. The molecular formula is C14H17BrO3. The van der Waals surface area contributed by atoms with Gasteiger partial charge in [-0.05, 0) is 35.6 Å². The molecule has 98 valence electrons. The maximum absolute atomic E-state index is 11.0. The first kappa shape index (κ1) is 13.4. The highest BCUT2D eigenvalue weighted by Crippen LogP contribution is 2.35. The minimum Gasteiger partial charge on any atom is -0.493 e. The van der Waals surface area contributed by atoms with Crippen molar-refractivity contribution in [2.24, 2.45) is 11.8 Å². The number of hydrogen-bond donors (Lipinski definition) is 1. The third-order valence-corrected chi connectivity index (χ3v) is 4.07. The Bertz CT molecular complexity index is 470. The van der Waals surface area contributed by atoms with Gasteiger partial charge in [0.25, 0.3) is 0 Å². The van der Waals surface area contributed by atoms with Crippen molar-refractivity contribution in [3.8, 4) is 5.75 Å². The maximum Gasteiger partial charge on any atom is 0.306 e. The van der Waals surface area contributed by atoms with Gasteiger partial charge in [-0.3, -0.25) is 4.79 Å². The fourth-order valence-electron chi connectivity index (χ4n) is 2.26. The lowest BCUT2D eigenvalue weighted by molar-refractivity contribution is -0.142. The molecule has 0 bridgehead atoms. The molecule has 0 aliphatic carbocycles. The van der Waals surface area contributed by atoms with Crippen molar-refractivity contribution < 1.29 is 14.6 Å². The number of carboxylic acid groups (broad SMARTS) is 1. The number of aliphatic carboxylic acids is 1. The van der Waals surface area contributed by atoms with Gasteiger partial charge in [-0.2, -0.15) is 0 Å². The molecule has 4 heteroatoms. The summed E-state index contributed by atoms with van der Waals surface area (Å²) in [4.78, 5) is 11.0. The largest absolute Gasteiger partial charge is 0.493 e. The number of benzene rings is 1. The molecule has 2 unspecified atom stereocenters. The Labute approximate surface area is 115 Å². The highest BCUT2D eigenvalue weighted by Gasteiger charge is 2.23. The number of halogens is 1. The summed E-state index contributed by atoms with van der Waals surface area (Å²) in [5.74, 6) is -0.0381. The van der Waals surface area contributed by atoms with Gasteiger partial charge in [0, 0.05) is 10.9 Å². The van der Waals surface area contributed by atoms with Crippen LogP contribution in [0.3, 0.4) is 0 Å². The monoisotopic (exact) mass is 312 g/mol. The summed E-state index contributed by atoms with van der Waals surface area (Å²) < 4.78 is 6.70. The molecule has 0 spiro atoms. The van der Waals surface area contributed by atoms with Gasteiger partial charge in [0.1, 0.15) is 5.75 Å². The van der Waals surface area contributed by atoms with Crippen molar-refractivity contribution in [3.63, 3.8) is 0 Å². The van der Waals surface area contributed by atoms with Gasteiger partial charge in [-0.15, -0.1) is 0 Å². The van der Waals surface area contributed by atoms with Gasteiger partial charge >= 0.3 is 5.97 Å². The Kier molecular flexibility index (Phi) is 3.95. The third-order valence-electron chi connectivity index (χ3n) is 3.61. The number of ether oxygens (including phenoxy) is 1. The van der Waals surface area contributed by atoms with Gasteiger partial charge in [0.2, 0.25) is 0 Å². The molecule has 1 aromatic carbocycles. The van der Waals surface area contributed by atoms with Crippen LogP contribution in [0.2, 0.25) is 0 Å². The second kappa shape index (κ2) is 5.31. The van der Waals surface area contributed by atoms with Crippen LogP contribution in [0, 0.1) is 11.8 Å². The summed E-state index contributed by atoms with van der Waals surface area (Å²) in [6.45, 7) is 4.45. The first-order valence-corrected chi connectivity index (χ1v) is 6.95. The minimum absolute atomic E-state index is 0.0881. The van der Waals surface area contributed by atoms with Crippen molar-refractivity contribution in [1.82, 2.24) is 0 Å². The van der Waals surface area contributed by atoms with E-state index in [1.807, 2.05) is 13.0 Å². The fraction of sp³-hybridized carbons (Fsp3) is 0.500. The predicted octanol–water partition coefficient (Wildman–Crippen LogP) is 3.28. The summed E-state index contributed by atoms with van der Waals surface area (Å²) in [7, 11) is 0. The Morgan fingerprint density at radius 2 is 2.22 bits per heavy atom. The van der Waals surface area contributed by atoms with Gasteiger partial charge in [-0.1, -0.05) is 29.8 Å². The van der Waals surface area contributed by atoms with E-state index in [0.717, 1.165) is 35.2 Å². The summed E-state index contributed by atoms with van der Waals surface area (Å²) in [5.41, 5.74) is 2.33. The number of fused-ring (bicyclic) bond motifs is 1. The van der Waals surface area contributed by atoms with Crippen molar-refractivity contribution >= 4 is 21.9 Å². The lowest BCUT2D eigenvalue weighted by atomic mass is 9.89. The van der Waals surface area contributed by atoms with Crippen molar-refractivity contribution in [1.29, 1.82) is 0 Å². The SMILES string of the molecule is CC(Cc1cc(Br)cc2c1OCC2)C(C)C(=O)O. The van der Waals surface area contributed by atoms with E-state index in [2.05, 4.69) is 22.0 Å². The van der Waals surface area contributed by atoms with Crippen molar-refractivity contribution in [2.45, 2.75) is 26.7 Å². The molecule has 2 rings (SSSR count). The van der Waals surface area contributed by atoms with Gasteiger partial charge in [-0.25, -0.2) is 0 Å².